The molecule has 0 fully saturated rings. The maximum atomic E-state index is 11.8. The number of hydrogen-bond donors (Lipinski definition) is 0. The van der Waals surface area contributed by atoms with Gasteiger partial charge < -0.3 is 9.47 Å². The van der Waals surface area contributed by atoms with Gasteiger partial charge in [0, 0.05) is 0 Å². The summed E-state index contributed by atoms with van der Waals surface area (Å²) in [6.07, 6.45) is 1.03. The van der Waals surface area contributed by atoms with E-state index in [1.54, 1.807) is 0 Å². The van der Waals surface area contributed by atoms with Crippen molar-refractivity contribution in [3.63, 3.8) is 0 Å². The Bertz CT molecular complexity index is 457. The first-order valence-corrected chi connectivity index (χ1v) is 5.17. The normalized spacial score (nSPS) is 16.3. The summed E-state index contributed by atoms with van der Waals surface area (Å²) in [6.45, 7) is 5.12. The van der Waals surface area contributed by atoms with Gasteiger partial charge in [0.25, 0.3) is 6.47 Å². The predicted octanol–water partition coefficient (Wildman–Crippen LogP) is 1.75. The fourth-order valence-corrected chi connectivity index (χ4v) is 2.08. The van der Waals surface area contributed by atoms with E-state index in [0.29, 0.717) is 0 Å². The van der Waals surface area contributed by atoms with Crippen molar-refractivity contribution in [1.29, 1.82) is 0 Å². The van der Waals surface area contributed by atoms with Crippen LogP contribution in [0.5, 0.6) is 0 Å². The number of rotatable bonds is 5. The number of esters is 1. The van der Waals surface area contributed by atoms with Crippen molar-refractivity contribution < 1.29 is 19.1 Å². The van der Waals surface area contributed by atoms with E-state index >= 15 is 0 Å². The maximum absolute atomic E-state index is 11.8. The summed E-state index contributed by atoms with van der Waals surface area (Å²) in [5.74, 6) is -0.851. The lowest BCUT2D eigenvalue weighted by molar-refractivity contribution is -0.169. The number of ether oxygens (including phenoxy) is 2. The fourth-order valence-electron chi connectivity index (χ4n) is 2.08. The first kappa shape index (κ1) is 11.4. The van der Waals surface area contributed by atoms with Gasteiger partial charge in [0.15, 0.2) is 0 Å². The predicted molar refractivity (Wildman–Crippen MR) is 60.1 cm³/mol. The average molecular weight is 232 g/mol. The SMILES string of the molecule is C=COC(=O)C(C)(OC=O)C1c2ccccc21. The van der Waals surface area contributed by atoms with Crippen LogP contribution in [0.25, 0.3) is 0 Å². The molecule has 0 heterocycles. The summed E-state index contributed by atoms with van der Waals surface area (Å²) in [7, 11) is 0. The Balaban J connectivity index is 2.28. The van der Waals surface area contributed by atoms with E-state index in [1.807, 2.05) is 24.3 Å². The molecule has 0 aromatic heterocycles. The zero-order chi connectivity index (χ0) is 12.5. The van der Waals surface area contributed by atoms with Crippen LogP contribution in [0.1, 0.15) is 24.0 Å². The molecule has 4 nitrogen and oxygen atoms in total. The van der Waals surface area contributed by atoms with E-state index in [2.05, 4.69) is 6.58 Å². The molecule has 1 aromatic rings. The highest BCUT2D eigenvalue weighted by Crippen LogP contribution is 2.51. The number of hydrogen-bond acceptors (Lipinski definition) is 4. The van der Waals surface area contributed by atoms with Crippen molar-refractivity contribution >= 4 is 12.4 Å². The average Bonchev–Trinajstić information content (AvgIpc) is 3.04. The van der Waals surface area contributed by atoms with Gasteiger partial charge in [-0.05, 0) is 18.1 Å². The van der Waals surface area contributed by atoms with Crippen molar-refractivity contribution in [1.82, 2.24) is 0 Å². The molecule has 1 aliphatic carbocycles. The van der Waals surface area contributed by atoms with Gasteiger partial charge in [0.1, 0.15) is 0 Å². The molecule has 0 N–H and O–H groups in total. The third-order valence-corrected chi connectivity index (χ3v) is 2.97. The van der Waals surface area contributed by atoms with Crippen LogP contribution in [0, 0.1) is 0 Å². The van der Waals surface area contributed by atoms with Gasteiger partial charge in [-0.1, -0.05) is 30.8 Å². The van der Waals surface area contributed by atoms with E-state index in [4.69, 9.17) is 9.47 Å². The second-order valence-corrected chi connectivity index (χ2v) is 3.96. The van der Waals surface area contributed by atoms with Crippen molar-refractivity contribution in [2.75, 3.05) is 0 Å². The molecule has 1 unspecified atom stereocenters. The Labute approximate surface area is 98.8 Å². The summed E-state index contributed by atoms with van der Waals surface area (Å²) < 4.78 is 9.68. The minimum absolute atomic E-state index is 0.227. The van der Waals surface area contributed by atoms with E-state index in [1.165, 1.54) is 6.92 Å². The largest absolute Gasteiger partial charge is 0.448 e. The van der Waals surface area contributed by atoms with Crippen molar-refractivity contribution in [3.8, 4) is 0 Å². The van der Waals surface area contributed by atoms with Crippen molar-refractivity contribution in [2.45, 2.75) is 18.4 Å². The van der Waals surface area contributed by atoms with Crippen LogP contribution in [0.4, 0.5) is 0 Å². The summed E-state index contributed by atoms with van der Waals surface area (Å²) >= 11 is 0. The van der Waals surface area contributed by atoms with E-state index in [9.17, 15) is 9.59 Å². The molecule has 0 amide bonds. The van der Waals surface area contributed by atoms with Crippen LogP contribution in [0.15, 0.2) is 37.1 Å². The smallest absolute Gasteiger partial charge is 0.356 e. The highest BCUT2D eigenvalue weighted by molar-refractivity contribution is 5.85. The topological polar surface area (TPSA) is 52.6 Å². The number of carbonyl (C=O) groups excluding carboxylic acids is 2. The second-order valence-electron chi connectivity index (χ2n) is 3.96. The molecule has 0 bridgehead atoms. The van der Waals surface area contributed by atoms with Crippen LogP contribution in [-0.4, -0.2) is 18.0 Å². The summed E-state index contributed by atoms with van der Waals surface area (Å²) in [5.41, 5.74) is 0.676. The zero-order valence-corrected chi connectivity index (χ0v) is 9.38. The number of carbonyl (C=O) groups is 2. The molecular weight excluding hydrogens is 220 g/mol. The molecule has 2 rings (SSSR count). The number of benzene rings is 1. The molecule has 1 aromatic carbocycles. The molecule has 1 aliphatic rings. The molecule has 0 aliphatic heterocycles. The van der Waals surface area contributed by atoms with Crippen molar-refractivity contribution in [2.24, 2.45) is 0 Å². The molecule has 0 spiro atoms. The Hall–Kier alpha value is -2.10. The third kappa shape index (κ3) is 1.71. The molecular formula is C13H12O4. The Kier molecular flexibility index (Phi) is 2.71. The van der Waals surface area contributed by atoms with Crippen LogP contribution in [0.2, 0.25) is 0 Å². The first-order chi connectivity index (χ1) is 8.15. The Morgan fingerprint density at radius 2 is 2.00 bits per heavy atom. The molecule has 0 radical (unpaired) electrons. The monoisotopic (exact) mass is 232 g/mol. The lowest BCUT2D eigenvalue weighted by Crippen LogP contribution is -2.40. The molecule has 0 saturated heterocycles. The number of fused-ring (bicyclic) bond motifs is 1. The highest BCUT2D eigenvalue weighted by Gasteiger charge is 2.54. The summed E-state index contributed by atoms with van der Waals surface area (Å²) in [6, 6.07) is 7.54. The first-order valence-electron chi connectivity index (χ1n) is 5.17. The van der Waals surface area contributed by atoms with Crippen LogP contribution < -0.4 is 0 Å². The van der Waals surface area contributed by atoms with Gasteiger partial charge in [-0.15, -0.1) is 0 Å². The quantitative estimate of drug-likeness (QED) is 0.441. The third-order valence-electron chi connectivity index (χ3n) is 2.97. The minimum Gasteiger partial charge on any atom is -0.448 e. The van der Waals surface area contributed by atoms with Crippen LogP contribution in [0.3, 0.4) is 0 Å². The Morgan fingerprint density at radius 1 is 1.41 bits per heavy atom. The summed E-state index contributed by atoms with van der Waals surface area (Å²) in [4.78, 5) is 22.4. The highest BCUT2D eigenvalue weighted by atomic mass is 16.6. The molecule has 1 atom stereocenters. The molecule has 4 heteroatoms. The van der Waals surface area contributed by atoms with Gasteiger partial charge in [-0.3, -0.25) is 4.79 Å². The molecule has 17 heavy (non-hydrogen) atoms. The lowest BCUT2D eigenvalue weighted by Gasteiger charge is -2.24. The lowest BCUT2D eigenvalue weighted by atomic mass is 9.97. The molecule has 0 saturated carbocycles. The van der Waals surface area contributed by atoms with Crippen molar-refractivity contribution in [3.05, 3.63) is 48.2 Å². The van der Waals surface area contributed by atoms with Gasteiger partial charge >= 0.3 is 5.97 Å². The zero-order valence-electron chi connectivity index (χ0n) is 9.38. The van der Waals surface area contributed by atoms with Crippen LogP contribution >= 0.6 is 0 Å². The standard InChI is InChI=1S/C13H12O4/c1-3-16-12(15)13(2,17-8-14)11-9-6-4-5-7-10(9)11/h3-8,11H,1H2,2H3. The van der Waals surface area contributed by atoms with Gasteiger partial charge in [0.05, 0.1) is 12.2 Å². The fraction of sp³-hybridized carbons (Fsp3) is 0.231. The molecule has 88 valence electrons. The second kappa shape index (κ2) is 4.05. The van der Waals surface area contributed by atoms with E-state index < -0.39 is 11.6 Å². The van der Waals surface area contributed by atoms with E-state index in [0.717, 1.165) is 17.4 Å². The van der Waals surface area contributed by atoms with Gasteiger partial charge in [0.2, 0.25) is 5.60 Å². The van der Waals surface area contributed by atoms with Gasteiger partial charge in [-0.2, -0.15) is 0 Å². The van der Waals surface area contributed by atoms with Gasteiger partial charge in [-0.25, -0.2) is 4.79 Å². The Morgan fingerprint density at radius 3 is 2.47 bits per heavy atom. The minimum atomic E-state index is -1.32. The maximum Gasteiger partial charge on any atom is 0.356 e. The van der Waals surface area contributed by atoms with Crippen LogP contribution in [-0.2, 0) is 19.1 Å². The van der Waals surface area contributed by atoms with E-state index in [-0.39, 0.29) is 12.4 Å². The summed E-state index contributed by atoms with van der Waals surface area (Å²) in [5, 5.41) is 0.